The smallest absolute Gasteiger partial charge is 0.261 e. The molecule has 3 aromatic carbocycles. The van der Waals surface area contributed by atoms with Gasteiger partial charge in [0.2, 0.25) is 5.91 Å². The summed E-state index contributed by atoms with van der Waals surface area (Å²) in [4.78, 5) is 28.6. The molecular weight excluding hydrogens is 610 g/mol. The Morgan fingerprint density at radius 3 is 2.28 bits per heavy atom. The molecule has 0 aliphatic heterocycles. The van der Waals surface area contributed by atoms with Crippen LogP contribution in [0.4, 0.5) is 0 Å². The van der Waals surface area contributed by atoms with E-state index in [0.717, 1.165) is 22.0 Å². The Labute approximate surface area is 236 Å². The van der Waals surface area contributed by atoms with E-state index in [0.29, 0.717) is 34.3 Å². The number of nitrogens with zero attached hydrogens (tertiary/aromatic N) is 1. The van der Waals surface area contributed by atoms with Gasteiger partial charge in [0.1, 0.15) is 11.8 Å². The predicted octanol–water partition coefficient (Wildman–Crippen LogP) is 6.53. The minimum atomic E-state index is -0.774. The fourth-order valence-corrected chi connectivity index (χ4v) is 4.55. The Morgan fingerprint density at radius 1 is 0.972 bits per heavy atom. The van der Waals surface area contributed by atoms with Gasteiger partial charge in [-0.25, -0.2) is 0 Å². The molecule has 0 aliphatic rings. The summed E-state index contributed by atoms with van der Waals surface area (Å²) in [6.07, 6.45) is 2.14. The number of halogens is 3. The first-order valence-corrected chi connectivity index (χ1v) is 13.6. The van der Waals surface area contributed by atoms with Gasteiger partial charge in [0.15, 0.2) is 6.61 Å². The third kappa shape index (κ3) is 8.39. The molecule has 5 nitrogen and oxygen atoms in total. The summed E-state index contributed by atoms with van der Waals surface area (Å²) in [5.41, 5.74) is 1.53. The lowest BCUT2D eigenvalue weighted by Crippen LogP contribution is -2.52. The van der Waals surface area contributed by atoms with E-state index in [1.165, 1.54) is 4.90 Å². The van der Waals surface area contributed by atoms with Crippen molar-refractivity contribution in [2.75, 3.05) is 13.2 Å². The molecule has 3 aromatic rings. The molecule has 2 amide bonds. The summed E-state index contributed by atoms with van der Waals surface area (Å²) in [5, 5.41) is 3.86. The summed E-state index contributed by atoms with van der Waals surface area (Å²) in [6, 6.07) is 21.5. The predicted molar refractivity (Wildman–Crippen MR) is 154 cm³/mol. The van der Waals surface area contributed by atoms with Crippen LogP contribution in [0.15, 0.2) is 72.8 Å². The molecule has 0 aromatic heterocycles. The number of hydrogen-bond donors (Lipinski definition) is 1. The number of nitrogens with one attached hydrogen (secondary N) is 1. The molecule has 1 N–H and O–H groups in total. The zero-order chi connectivity index (χ0) is 25.9. The zero-order valence-corrected chi connectivity index (χ0v) is 23.7. The maximum Gasteiger partial charge on any atom is 0.261 e. The van der Waals surface area contributed by atoms with Crippen molar-refractivity contribution in [2.45, 2.75) is 38.8 Å². The van der Waals surface area contributed by atoms with Gasteiger partial charge >= 0.3 is 0 Å². The molecule has 1 unspecified atom stereocenters. The molecule has 8 heteroatoms. The molecule has 0 fully saturated rings. The topological polar surface area (TPSA) is 58.6 Å². The first kappa shape index (κ1) is 28.3. The lowest BCUT2D eigenvalue weighted by Gasteiger charge is -2.32. The van der Waals surface area contributed by atoms with E-state index in [9.17, 15) is 9.59 Å². The van der Waals surface area contributed by atoms with Gasteiger partial charge in [0.25, 0.3) is 5.91 Å². The number of carbonyl (C=O) groups excluding carboxylic acids is 2. The summed E-state index contributed by atoms with van der Waals surface area (Å²) >= 11 is 15.1. The number of amides is 2. The average Bonchev–Trinajstić information content (AvgIpc) is 2.88. The van der Waals surface area contributed by atoms with Crippen molar-refractivity contribution in [3.63, 3.8) is 0 Å². The van der Waals surface area contributed by atoms with Crippen LogP contribution >= 0.6 is 45.8 Å². The van der Waals surface area contributed by atoms with Gasteiger partial charge in [-0.15, -0.1) is 0 Å². The quantitative estimate of drug-likeness (QED) is 0.181. The minimum absolute atomic E-state index is 0.0755. The van der Waals surface area contributed by atoms with Crippen molar-refractivity contribution >= 4 is 57.6 Å². The Balaban J connectivity index is 1.92. The van der Waals surface area contributed by atoms with Gasteiger partial charge in [0.05, 0.1) is 0 Å². The minimum Gasteiger partial charge on any atom is -0.484 e. The third-order valence-electron chi connectivity index (χ3n) is 5.67. The highest BCUT2D eigenvalue weighted by molar-refractivity contribution is 14.1. The number of benzene rings is 3. The molecule has 0 bridgehead atoms. The molecule has 0 aliphatic carbocycles. The maximum atomic E-state index is 13.6. The van der Waals surface area contributed by atoms with Crippen molar-refractivity contribution in [3.8, 4) is 5.75 Å². The van der Waals surface area contributed by atoms with Gasteiger partial charge in [-0.1, -0.05) is 72.9 Å². The lowest BCUT2D eigenvalue weighted by molar-refractivity contribution is -0.142. The fourth-order valence-electron chi connectivity index (χ4n) is 3.67. The molecule has 0 spiro atoms. The van der Waals surface area contributed by atoms with Crippen LogP contribution in [-0.2, 0) is 22.6 Å². The SMILES string of the molecule is CCCCNC(=O)C(Cc1ccccc1)N(Cc1c(Cl)cccc1Cl)C(=O)COc1ccc(I)cc1. The molecule has 190 valence electrons. The van der Waals surface area contributed by atoms with E-state index in [-0.39, 0.29) is 25.0 Å². The standard InChI is InChI=1S/C28H29Cl2IN2O3/c1-2-3-16-32-28(35)26(17-20-8-5-4-6-9-20)33(18-23-24(29)10-7-11-25(23)30)27(34)19-36-22-14-12-21(31)13-15-22/h4-15,26H,2-3,16-19H2,1H3,(H,32,35). The van der Waals surface area contributed by atoms with Gasteiger partial charge < -0.3 is 15.0 Å². The second-order valence-corrected chi connectivity index (χ2v) is 10.4. The Hall–Kier alpha value is -2.29. The first-order chi connectivity index (χ1) is 17.4. The van der Waals surface area contributed by atoms with Crippen LogP contribution in [0, 0.1) is 3.57 Å². The van der Waals surface area contributed by atoms with Crippen molar-refractivity contribution in [2.24, 2.45) is 0 Å². The highest BCUT2D eigenvalue weighted by atomic mass is 127. The van der Waals surface area contributed by atoms with E-state index < -0.39 is 6.04 Å². The van der Waals surface area contributed by atoms with Gasteiger partial charge in [-0.2, -0.15) is 0 Å². The van der Waals surface area contributed by atoms with Crippen LogP contribution in [-0.4, -0.2) is 35.9 Å². The first-order valence-electron chi connectivity index (χ1n) is 11.8. The molecule has 0 saturated carbocycles. The normalized spacial score (nSPS) is 11.6. The number of rotatable bonds is 12. The third-order valence-corrected chi connectivity index (χ3v) is 7.09. The number of carbonyl (C=O) groups is 2. The van der Waals surface area contributed by atoms with Crippen LogP contribution in [0.1, 0.15) is 30.9 Å². The molecular formula is C28H29Cl2IN2O3. The Morgan fingerprint density at radius 2 is 1.64 bits per heavy atom. The number of unbranched alkanes of at least 4 members (excludes halogenated alkanes) is 1. The largest absolute Gasteiger partial charge is 0.484 e. The van der Waals surface area contributed by atoms with Crippen LogP contribution in [0.2, 0.25) is 10.0 Å². The summed E-state index contributed by atoms with van der Waals surface area (Å²) in [5.74, 6) is 0.0145. The average molecular weight is 639 g/mol. The van der Waals surface area contributed by atoms with Gasteiger partial charge in [0, 0.05) is 38.7 Å². The lowest BCUT2D eigenvalue weighted by atomic mass is 10.0. The van der Waals surface area contributed by atoms with Gasteiger partial charge in [-0.05, 0) is 71.0 Å². The van der Waals surface area contributed by atoms with Gasteiger partial charge in [-0.3, -0.25) is 9.59 Å². The summed E-state index contributed by atoms with van der Waals surface area (Å²) < 4.78 is 6.85. The number of ether oxygens (including phenoxy) is 1. The molecule has 0 radical (unpaired) electrons. The van der Waals surface area contributed by atoms with E-state index in [4.69, 9.17) is 27.9 Å². The van der Waals surface area contributed by atoms with Crippen LogP contribution in [0.25, 0.3) is 0 Å². The van der Waals surface area contributed by atoms with E-state index in [1.54, 1.807) is 18.2 Å². The van der Waals surface area contributed by atoms with E-state index in [2.05, 4.69) is 34.8 Å². The molecule has 0 heterocycles. The monoisotopic (exact) mass is 638 g/mol. The Bertz CT molecular complexity index is 1120. The van der Waals surface area contributed by atoms with E-state index in [1.807, 2.05) is 54.6 Å². The van der Waals surface area contributed by atoms with E-state index >= 15 is 0 Å². The van der Waals surface area contributed by atoms with Crippen LogP contribution < -0.4 is 10.1 Å². The molecule has 0 saturated heterocycles. The van der Waals surface area contributed by atoms with Crippen molar-refractivity contribution in [1.29, 1.82) is 0 Å². The second-order valence-electron chi connectivity index (χ2n) is 8.31. The summed E-state index contributed by atoms with van der Waals surface area (Å²) in [6.45, 7) is 2.45. The summed E-state index contributed by atoms with van der Waals surface area (Å²) in [7, 11) is 0. The molecule has 36 heavy (non-hydrogen) atoms. The van der Waals surface area contributed by atoms with Crippen LogP contribution in [0.3, 0.4) is 0 Å². The highest BCUT2D eigenvalue weighted by Crippen LogP contribution is 2.27. The molecule has 3 rings (SSSR count). The van der Waals surface area contributed by atoms with Crippen molar-refractivity contribution in [1.82, 2.24) is 10.2 Å². The van der Waals surface area contributed by atoms with Crippen LogP contribution in [0.5, 0.6) is 5.75 Å². The second kappa shape index (κ2) is 14.4. The van der Waals surface area contributed by atoms with Crippen molar-refractivity contribution < 1.29 is 14.3 Å². The van der Waals surface area contributed by atoms with Crippen molar-refractivity contribution in [3.05, 3.63) is 97.5 Å². The number of hydrogen-bond acceptors (Lipinski definition) is 3. The zero-order valence-electron chi connectivity index (χ0n) is 20.1. The molecule has 1 atom stereocenters. The Kier molecular flexibility index (Phi) is 11.4. The fraction of sp³-hybridized carbons (Fsp3) is 0.286. The maximum absolute atomic E-state index is 13.6. The highest BCUT2D eigenvalue weighted by Gasteiger charge is 2.31.